The van der Waals surface area contributed by atoms with Crippen molar-refractivity contribution in [1.29, 1.82) is 0 Å². The molecule has 0 bridgehead atoms. The first kappa shape index (κ1) is 15.2. The number of carboxylic acids is 1. The number of nitrogens with zero attached hydrogens (tertiary/aromatic N) is 1. The molecular formula is C14H17FN2O4. The SMILES string of the molecule is CC1(C)CCC(Nc2cc(C(=O)O)c(F)cc2[N+](=O)[O-])C1. The topological polar surface area (TPSA) is 92.5 Å². The molecule has 114 valence electrons. The highest BCUT2D eigenvalue weighted by Gasteiger charge is 2.32. The van der Waals surface area contributed by atoms with Gasteiger partial charge in [0, 0.05) is 6.04 Å². The zero-order valence-electron chi connectivity index (χ0n) is 11.9. The Labute approximate surface area is 121 Å². The fourth-order valence-corrected chi connectivity index (χ4v) is 2.77. The number of rotatable bonds is 4. The van der Waals surface area contributed by atoms with Gasteiger partial charge in [-0.25, -0.2) is 9.18 Å². The lowest BCUT2D eigenvalue weighted by Crippen LogP contribution is -2.19. The lowest BCUT2D eigenvalue weighted by Gasteiger charge is -2.18. The Hall–Kier alpha value is -2.18. The van der Waals surface area contributed by atoms with E-state index >= 15 is 0 Å². The smallest absolute Gasteiger partial charge is 0.338 e. The predicted octanol–water partition coefficient (Wildman–Crippen LogP) is 3.42. The molecule has 1 atom stereocenters. The number of nitro groups is 1. The number of carboxylic acid groups (broad SMARTS) is 1. The zero-order chi connectivity index (χ0) is 15.8. The third kappa shape index (κ3) is 3.29. The van der Waals surface area contributed by atoms with E-state index < -0.39 is 28.0 Å². The molecule has 2 N–H and O–H groups in total. The van der Waals surface area contributed by atoms with E-state index in [2.05, 4.69) is 19.2 Å². The number of carbonyl (C=O) groups is 1. The Morgan fingerprint density at radius 1 is 1.52 bits per heavy atom. The molecule has 1 aliphatic carbocycles. The first-order chi connectivity index (χ1) is 9.69. The fourth-order valence-electron chi connectivity index (χ4n) is 2.77. The standard InChI is InChI=1S/C14H17FN2O4/c1-14(2)4-3-8(7-14)16-11-5-9(13(18)19)10(15)6-12(11)17(20)21/h5-6,8,16H,3-4,7H2,1-2H3,(H,18,19). The van der Waals surface area contributed by atoms with Crippen LogP contribution in [-0.4, -0.2) is 22.0 Å². The summed E-state index contributed by atoms with van der Waals surface area (Å²) in [6.07, 6.45) is 2.64. The van der Waals surface area contributed by atoms with Gasteiger partial charge in [0.25, 0.3) is 5.69 Å². The second-order valence-corrected chi connectivity index (χ2v) is 6.16. The molecule has 0 heterocycles. The van der Waals surface area contributed by atoms with E-state index in [0.717, 1.165) is 25.3 Å². The average Bonchev–Trinajstić information content (AvgIpc) is 2.69. The minimum Gasteiger partial charge on any atom is -0.478 e. The van der Waals surface area contributed by atoms with Crippen LogP contribution in [0.5, 0.6) is 0 Å². The summed E-state index contributed by atoms with van der Waals surface area (Å²) in [7, 11) is 0. The van der Waals surface area contributed by atoms with Gasteiger partial charge < -0.3 is 10.4 Å². The molecule has 0 aliphatic heterocycles. The summed E-state index contributed by atoms with van der Waals surface area (Å²) in [6.45, 7) is 4.22. The normalized spacial score (nSPS) is 20.2. The number of anilines is 1. The molecular weight excluding hydrogens is 279 g/mol. The quantitative estimate of drug-likeness (QED) is 0.656. The van der Waals surface area contributed by atoms with E-state index in [9.17, 15) is 19.3 Å². The minimum absolute atomic E-state index is 0.0193. The number of halogens is 1. The number of aromatic carboxylic acids is 1. The molecule has 0 saturated heterocycles. The van der Waals surface area contributed by atoms with Gasteiger partial charge in [0.1, 0.15) is 11.5 Å². The predicted molar refractivity (Wildman–Crippen MR) is 75.1 cm³/mol. The van der Waals surface area contributed by atoms with Crippen molar-refractivity contribution >= 4 is 17.3 Å². The van der Waals surface area contributed by atoms with Crippen LogP contribution in [0.3, 0.4) is 0 Å². The summed E-state index contributed by atoms with van der Waals surface area (Å²) in [5.74, 6) is -2.55. The molecule has 0 radical (unpaired) electrons. The summed E-state index contributed by atoms with van der Waals surface area (Å²) in [5, 5.41) is 22.9. The summed E-state index contributed by atoms with van der Waals surface area (Å²) in [5.41, 5.74) is -0.814. The molecule has 1 aliphatic rings. The van der Waals surface area contributed by atoms with Crippen LogP contribution >= 0.6 is 0 Å². The number of hydrogen-bond acceptors (Lipinski definition) is 4. The second kappa shape index (κ2) is 5.31. The third-order valence-electron chi connectivity index (χ3n) is 3.84. The van der Waals surface area contributed by atoms with E-state index in [1.807, 2.05) is 0 Å². The van der Waals surface area contributed by atoms with Gasteiger partial charge in [-0.3, -0.25) is 10.1 Å². The molecule has 1 fully saturated rings. The molecule has 7 heteroatoms. The fraction of sp³-hybridized carbons (Fsp3) is 0.500. The highest BCUT2D eigenvalue weighted by molar-refractivity contribution is 5.90. The van der Waals surface area contributed by atoms with Crippen LogP contribution in [0.25, 0.3) is 0 Å². The number of benzene rings is 1. The molecule has 0 aromatic heterocycles. The largest absolute Gasteiger partial charge is 0.478 e. The van der Waals surface area contributed by atoms with Crippen LogP contribution in [0.15, 0.2) is 12.1 Å². The Morgan fingerprint density at radius 3 is 2.67 bits per heavy atom. The van der Waals surface area contributed by atoms with Crippen molar-refractivity contribution < 1.29 is 19.2 Å². The Balaban J connectivity index is 2.34. The van der Waals surface area contributed by atoms with Gasteiger partial charge in [0.15, 0.2) is 0 Å². The molecule has 0 amide bonds. The van der Waals surface area contributed by atoms with Crippen LogP contribution in [0.2, 0.25) is 0 Å². The van der Waals surface area contributed by atoms with Crippen molar-refractivity contribution in [2.75, 3.05) is 5.32 Å². The monoisotopic (exact) mass is 296 g/mol. The second-order valence-electron chi connectivity index (χ2n) is 6.16. The van der Waals surface area contributed by atoms with E-state index in [1.54, 1.807) is 0 Å². The Morgan fingerprint density at radius 2 is 2.19 bits per heavy atom. The van der Waals surface area contributed by atoms with Gasteiger partial charge in [0.05, 0.1) is 16.6 Å². The molecule has 1 aromatic carbocycles. The lowest BCUT2D eigenvalue weighted by molar-refractivity contribution is -0.384. The Bertz CT molecular complexity index is 601. The summed E-state index contributed by atoms with van der Waals surface area (Å²) in [4.78, 5) is 21.3. The molecule has 0 spiro atoms. The van der Waals surface area contributed by atoms with E-state index in [1.165, 1.54) is 0 Å². The highest BCUT2D eigenvalue weighted by Crippen LogP contribution is 2.39. The maximum absolute atomic E-state index is 13.6. The van der Waals surface area contributed by atoms with Crippen molar-refractivity contribution in [3.8, 4) is 0 Å². The van der Waals surface area contributed by atoms with E-state index in [-0.39, 0.29) is 17.1 Å². The number of nitrogens with one attached hydrogen (secondary N) is 1. The summed E-state index contributed by atoms with van der Waals surface area (Å²) in [6, 6.07) is 1.68. The van der Waals surface area contributed by atoms with Gasteiger partial charge >= 0.3 is 5.97 Å². The van der Waals surface area contributed by atoms with E-state index in [4.69, 9.17) is 5.11 Å². The first-order valence-corrected chi connectivity index (χ1v) is 6.67. The van der Waals surface area contributed by atoms with Gasteiger partial charge in [0.2, 0.25) is 0 Å². The third-order valence-corrected chi connectivity index (χ3v) is 3.84. The van der Waals surface area contributed by atoms with Crippen LogP contribution in [-0.2, 0) is 0 Å². The van der Waals surface area contributed by atoms with Crippen LogP contribution in [0, 0.1) is 21.3 Å². The first-order valence-electron chi connectivity index (χ1n) is 6.67. The van der Waals surface area contributed by atoms with Crippen LogP contribution in [0.4, 0.5) is 15.8 Å². The van der Waals surface area contributed by atoms with Crippen LogP contribution < -0.4 is 5.32 Å². The zero-order valence-corrected chi connectivity index (χ0v) is 11.9. The molecule has 1 aromatic rings. The van der Waals surface area contributed by atoms with Crippen molar-refractivity contribution in [3.05, 3.63) is 33.6 Å². The van der Waals surface area contributed by atoms with Gasteiger partial charge in [-0.05, 0) is 30.7 Å². The molecule has 21 heavy (non-hydrogen) atoms. The van der Waals surface area contributed by atoms with Crippen molar-refractivity contribution in [3.63, 3.8) is 0 Å². The summed E-state index contributed by atoms with van der Waals surface area (Å²) < 4.78 is 13.6. The average molecular weight is 296 g/mol. The molecule has 6 nitrogen and oxygen atoms in total. The minimum atomic E-state index is -1.45. The number of nitro benzene ring substituents is 1. The van der Waals surface area contributed by atoms with Gasteiger partial charge in [-0.15, -0.1) is 0 Å². The van der Waals surface area contributed by atoms with Gasteiger partial charge in [-0.1, -0.05) is 13.8 Å². The van der Waals surface area contributed by atoms with Crippen molar-refractivity contribution in [2.24, 2.45) is 5.41 Å². The van der Waals surface area contributed by atoms with Gasteiger partial charge in [-0.2, -0.15) is 0 Å². The maximum Gasteiger partial charge on any atom is 0.338 e. The number of hydrogen-bond donors (Lipinski definition) is 2. The molecule has 1 unspecified atom stereocenters. The van der Waals surface area contributed by atoms with Crippen molar-refractivity contribution in [2.45, 2.75) is 39.2 Å². The van der Waals surface area contributed by atoms with Crippen LogP contribution in [0.1, 0.15) is 43.5 Å². The molecule has 2 rings (SSSR count). The Kier molecular flexibility index (Phi) is 3.85. The maximum atomic E-state index is 13.6. The lowest BCUT2D eigenvalue weighted by atomic mass is 9.92. The van der Waals surface area contributed by atoms with E-state index in [0.29, 0.717) is 6.07 Å². The highest BCUT2D eigenvalue weighted by atomic mass is 19.1. The summed E-state index contributed by atoms with van der Waals surface area (Å²) >= 11 is 0. The van der Waals surface area contributed by atoms with Crippen molar-refractivity contribution in [1.82, 2.24) is 0 Å². The molecule has 1 saturated carbocycles.